The largest absolute Gasteiger partial charge is 0.490 e. The van der Waals surface area contributed by atoms with Crippen LogP contribution in [0.25, 0.3) is 0 Å². The number of rotatable bonds is 13. The molecule has 1 saturated heterocycles. The Kier molecular flexibility index (Phi) is 10.1. The summed E-state index contributed by atoms with van der Waals surface area (Å²) in [5.74, 6) is 0.968. The predicted octanol–water partition coefficient (Wildman–Crippen LogP) is 3.39. The summed E-state index contributed by atoms with van der Waals surface area (Å²) in [5, 5.41) is 3.66. The third-order valence-electron chi connectivity index (χ3n) is 6.23. The van der Waals surface area contributed by atoms with E-state index in [1.165, 1.54) is 11.3 Å². The van der Waals surface area contributed by atoms with E-state index in [4.69, 9.17) is 23.7 Å². The summed E-state index contributed by atoms with van der Waals surface area (Å²) >= 11 is 0. The van der Waals surface area contributed by atoms with Gasteiger partial charge in [0.05, 0.1) is 43.8 Å². The first-order valence-electron chi connectivity index (χ1n) is 12.0. The molecule has 2 aliphatic rings. The van der Waals surface area contributed by atoms with Gasteiger partial charge in [0.15, 0.2) is 0 Å². The third-order valence-corrected chi connectivity index (χ3v) is 6.23. The summed E-state index contributed by atoms with van der Waals surface area (Å²) in [6.45, 7) is 10.5. The Morgan fingerprint density at radius 3 is 2.72 bits per heavy atom. The molecule has 0 aliphatic carbocycles. The number of fused-ring (bicyclic) bond motifs is 1. The number of benzene rings is 1. The zero-order valence-electron chi connectivity index (χ0n) is 20.4. The van der Waals surface area contributed by atoms with E-state index in [0.29, 0.717) is 25.9 Å². The highest BCUT2D eigenvalue weighted by molar-refractivity contribution is 5.61. The fraction of sp³-hybridized carbons (Fsp3) is 0.760. The summed E-state index contributed by atoms with van der Waals surface area (Å²) in [5.41, 5.74) is 2.22. The van der Waals surface area contributed by atoms with E-state index in [1.54, 1.807) is 14.2 Å². The van der Waals surface area contributed by atoms with Crippen LogP contribution in [0.3, 0.4) is 0 Å². The monoisotopic (exact) mass is 450 g/mol. The van der Waals surface area contributed by atoms with Crippen molar-refractivity contribution in [2.24, 2.45) is 0 Å². The maximum absolute atomic E-state index is 6.26. The molecular formula is C25H42N2O5. The lowest BCUT2D eigenvalue weighted by molar-refractivity contribution is -0.0549. The second-order valence-corrected chi connectivity index (χ2v) is 9.40. The van der Waals surface area contributed by atoms with Crippen LogP contribution in [-0.2, 0) is 25.6 Å². The third kappa shape index (κ3) is 7.89. The van der Waals surface area contributed by atoms with Crippen molar-refractivity contribution in [3.05, 3.63) is 23.8 Å². The zero-order chi connectivity index (χ0) is 22.8. The molecule has 182 valence electrons. The van der Waals surface area contributed by atoms with Crippen LogP contribution in [0.5, 0.6) is 5.75 Å². The van der Waals surface area contributed by atoms with Gasteiger partial charge in [0.1, 0.15) is 12.4 Å². The highest BCUT2D eigenvalue weighted by Crippen LogP contribution is 2.33. The quantitative estimate of drug-likeness (QED) is 0.462. The Bertz CT molecular complexity index is 676. The zero-order valence-corrected chi connectivity index (χ0v) is 20.4. The molecular weight excluding hydrogens is 408 g/mol. The standard InChI is InChI=1S/C25H42N2O5/c1-25(2,32-15-14-29-4)17-21-7-8-22(18-26-21)31-19-20-6-9-24-23(16-20)27(11-13-30-24)10-5-12-28-3/h6,9,16,21-22,26H,5,7-8,10-15,17-19H2,1-4H3/t21-,22+/m0/s1. The number of hydrogen-bond acceptors (Lipinski definition) is 7. The number of ether oxygens (including phenoxy) is 5. The molecule has 2 atom stereocenters. The highest BCUT2D eigenvalue weighted by atomic mass is 16.5. The van der Waals surface area contributed by atoms with E-state index in [9.17, 15) is 0 Å². The fourth-order valence-corrected chi connectivity index (χ4v) is 4.51. The molecule has 0 aromatic heterocycles. The molecule has 1 aromatic carbocycles. The minimum Gasteiger partial charge on any atom is -0.490 e. The van der Waals surface area contributed by atoms with Gasteiger partial charge in [0.25, 0.3) is 0 Å². The molecule has 2 aliphatic heterocycles. The lowest BCUT2D eigenvalue weighted by Crippen LogP contribution is -2.46. The molecule has 0 saturated carbocycles. The van der Waals surface area contributed by atoms with E-state index in [2.05, 4.69) is 42.3 Å². The SMILES string of the molecule is COCCCN1CCOc2ccc(CO[C@@H]3CC[C@@H](CC(C)(C)OCCOC)NC3)cc21. The molecule has 7 nitrogen and oxygen atoms in total. The lowest BCUT2D eigenvalue weighted by atomic mass is 9.92. The molecule has 32 heavy (non-hydrogen) atoms. The normalized spacial score (nSPS) is 21.3. The molecule has 0 bridgehead atoms. The van der Waals surface area contributed by atoms with Gasteiger partial charge in [-0.05, 0) is 57.2 Å². The van der Waals surface area contributed by atoms with Gasteiger partial charge in [0, 0.05) is 40.0 Å². The molecule has 1 aromatic rings. The maximum Gasteiger partial charge on any atom is 0.142 e. The molecule has 7 heteroatoms. The molecule has 3 rings (SSSR count). The molecule has 1 N–H and O–H groups in total. The smallest absolute Gasteiger partial charge is 0.142 e. The fourth-order valence-electron chi connectivity index (χ4n) is 4.51. The van der Waals surface area contributed by atoms with Crippen LogP contribution < -0.4 is 15.0 Å². The number of piperidine rings is 1. The lowest BCUT2D eigenvalue weighted by Gasteiger charge is -2.35. The van der Waals surface area contributed by atoms with Crippen molar-refractivity contribution in [3.8, 4) is 5.75 Å². The van der Waals surface area contributed by atoms with Crippen molar-refractivity contribution >= 4 is 5.69 Å². The van der Waals surface area contributed by atoms with Gasteiger partial charge in [0.2, 0.25) is 0 Å². The first-order valence-corrected chi connectivity index (χ1v) is 12.0. The molecule has 0 amide bonds. The van der Waals surface area contributed by atoms with Gasteiger partial charge < -0.3 is 33.9 Å². The summed E-state index contributed by atoms with van der Waals surface area (Å²) in [4.78, 5) is 2.39. The van der Waals surface area contributed by atoms with Crippen LogP contribution in [0.4, 0.5) is 5.69 Å². The summed E-state index contributed by atoms with van der Waals surface area (Å²) < 4.78 is 28.4. The van der Waals surface area contributed by atoms with Gasteiger partial charge in [-0.3, -0.25) is 0 Å². The average molecular weight is 451 g/mol. The maximum atomic E-state index is 6.26. The Morgan fingerprint density at radius 2 is 1.97 bits per heavy atom. The minimum absolute atomic E-state index is 0.149. The number of methoxy groups -OCH3 is 2. The molecule has 0 unspecified atom stereocenters. The summed E-state index contributed by atoms with van der Waals surface area (Å²) in [7, 11) is 3.46. The van der Waals surface area contributed by atoms with Crippen LogP contribution in [-0.4, -0.2) is 78.0 Å². The molecule has 2 heterocycles. The van der Waals surface area contributed by atoms with Gasteiger partial charge in [-0.1, -0.05) is 6.07 Å². The van der Waals surface area contributed by atoms with E-state index in [1.807, 2.05) is 0 Å². The van der Waals surface area contributed by atoms with E-state index < -0.39 is 0 Å². The van der Waals surface area contributed by atoms with E-state index in [-0.39, 0.29) is 11.7 Å². The number of hydrogen-bond donors (Lipinski definition) is 1. The highest BCUT2D eigenvalue weighted by Gasteiger charge is 2.28. The van der Waals surface area contributed by atoms with Crippen molar-refractivity contribution in [3.63, 3.8) is 0 Å². The number of nitrogens with zero attached hydrogens (tertiary/aromatic N) is 1. The Balaban J connectivity index is 1.43. The Labute approximate surface area is 193 Å². The van der Waals surface area contributed by atoms with Crippen LogP contribution in [0.1, 0.15) is 45.1 Å². The molecule has 1 fully saturated rings. The van der Waals surface area contributed by atoms with Crippen LogP contribution in [0.15, 0.2) is 18.2 Å². The van der Waals surface area contributed by atoms with Crippen molar-refractivity contribution in [2.75, 3.05) is 65.2 Å². The van der Waals surface area contributed by atoms with E-state index >= 15 is 0 Å². The van der Waals surface area contributed by atoms with E-state index in [0.717, 1.165) is 64.3 Å². The van der Waals surface area contributed by atoms with Gasteiger partial charge >= 0.3 is 0 Å². The van der Waals surface area contributed by atoms with Crippen molar-refractivity contribution in [2.45, 2.75) is 63.9 Å². The van der Waals surface area contributed by atoms with Gasteiger partial charge in [-0.2, -0.15) is 0 Å². The second kappa shape index (κ2) is 12.8. The second-order valence-electron chi connectivity index (χ2n) is 9.40. The molecule has 0 radical (unpaired) electrons. The van der Waals surface area contributed by atoms with Crippen molar-refractivity contribution in [1.82, 2.24) is 5.32 Å². The average Bonchev–Trinajstić information content (AvgIpc) is 2.79. The predicted molar refractivity (Wildman–Crippen MR) is 127 cm³/mol. The van der Waals surface area contributed by atoms with Crippen molar-refractivity contribution < 1.29 is 23.7 Å². The van der Waals surface area contributed by atoms with Crippen LogP contribution in [0.2, 0.25) is 0 Å². The van der Waals surface area contributed by atoms with Gasteiger partial charge in [-0.15, -0.1) is 0 Å². The Hall–Kier alpha value is -1.38. The van der Waals surface area contributed by atoms with Crippen LogP contribution in [0, 0.1) is 0 Å². The first-order chi connectivity index (χ1) is 15.5. The summed E-state index contributed by atoms with van der Waals surface area (Å²) in [6, 6.07) is 6.89. The number of anilines is 1. The summed E-state index contributed by atoms with van der Waals surface area (Å²) in [6.07, 6.45) is 4.43. The minimum atomic E-state index is -0.149. The molecule has 0 spiro atoms. The van der Waals surface area contributed by atoms with Crippen LogP contribution >= 0.6 is 0 Å². The first kappa shape index (κ1) is 25.2. The Morgan fingerprint density at radius 1 is 1.12 bits per heavy atom. The number of nitrogens with one attached hydrogen (secondary N) is 1. The van der Waals surface area contributed by atoms with Gasteiger partial charge in [-0.25, -0.2) is 0 Å². The van der Waals surface area contributed by atoms with Crippen molar-refractivity contribution in [1.29, 1.82) is 0 Å². The topological polar surface area (TPSA) is 61.4 Å².